The Hall–Kier alpha value is -2.51. The van der Waals surface area contributed by atoms with Gasteiger partial charge in [-0.2, -0.15) is 0 Å². The van der Waals surface area contributed by atoms with Gasteiger partial charge in [-0.25, -0.2) is 4.68 Å². The Balaban J connectivity index is 2.30. The second-order valence-electron chi connectivity index (χ2n) is 3.87. The van der Waals surface area contributed by atoms with E-state index in [-0.39, 0.29) is 12.1 Å². The first-order chi connectivity index (χ1) is 8.58. The van der Waals surface area contributed by atoms with Gasteiger partial charge in [0.1, 0.15) is 0 Å². The number of tetrazole rings is 1. The molecule has 2 aromatic rings. The minimum Gasteiger partial charge on any atom is -0.481 e. The summed E-state index contributed by atoms with van der Waals surface area (Å²) in [7, 11) is 0. The predicted molar refractivity (Wildman–Crippen MR) is 60.7 cm³/mol. The number of H-pyrrole nitrogens is 1. The fraction of sp³-hybridized carbons (Fsp3) is 0.300. The number of rotatable bonds is 4. The van der Waals surface area contributed by atoms with Gasteiger partial charge in [0.25, 0.3) is 0 Å². The van der Waals surface area contributed by atoms with E-state index >= 15 is 0 Å². The minimum atomic E-state index is -0.919. The van der Waals surface area contributed by atoms with Crippen molar-refractivity contribution >= 4 is 5.97 Å². The first-order valence-corrected chi connectivity index (χ1v) is 5.26. The summed E-state index contributed by atoms with van der Waals surface area (Å²) in [6.45, 7) is 1.73. The molecule has 8 nitrogen and oxygen atoms in total. The topological polar surface area (TPSA) is 114 Å². The van der Waals surface area contributed by atoms with Gasteiger partial charge in [-0.1, -0.05) is 6.92 Å². The zero-order chi connectivity index (χ0) is 13.1. The smallest absolute Gasteiger partial charge is 0.308 e. The van der Waals surface area contributed by atoms with E-state index in [1.54, 1.807) is 13.0 Å². The minimum absolute atomic E-state index is 0.163. The summed E-state index contributed by atoms with van der Waals surface area (Å²) in [6, 6.07) is 2.93. The Morgan fingerprint density at radius 3 is 2.94 bits per heavy atom. The van der Waals surface area contributed by atoms with Crippen molar-refractivity contribution in [1.29, 1.82) is 0 Å². The molecule has 0 bridgehead atoms. The number of carbonyl (C=O) groups is 1. The van der Waals surface area contributed by atoms with Crippen molar-refractivity contribution in [3.05, 3.63) is 28.7 Å². The van der Waals surface area contributed by atoms with Crippen molar-refractivity contribution in [2.75, 3.05) is 0 Å². The number of hydrogen-bond donors (Lipinski definition) is 2. The molecule has 0 aliphatic carbocycles. The fourth-order valence-electron chi connectivity index (χ4n) is 1.42. The Labute approximate surface area is 101 Å². The molecular weight excluding hydrogens is 238 g/mol. The van der Waals surface area contributed by atoms with Crippen LogP contribution in [0, 0.1) is 5.92 Å². The number of aromatic amines is 1. The summed E-state index contributed by atoms with van der Waals surface area (Å²) >= 11 is 0. The maximum atomic E-state index is 11.0. The Kier molecular flexibility index (Phi) is 3.18. The van der Waals surface area contributed by atoms with Gasteiger partial charge >= 0.3 is 5.97 Å². The van der Waals surface area contributed by atoms with Crippen molar-refractivity contribution < 1.29 is 9.90 Å². The highest BCUT2D eigenvalue weighted by Crippen LogP contribution is 2.14. The summed E-state index contributed by atoms with van der Waals surface area (Å²) in [5.74, 6) is -1.10. The Morgan fingerprint density at radius 1 is 1.56 bits per heavy atom. The van der Waals surface area contributed by atoms with Crippen molar-refractivity contribution in [2.45, 2.75) is 13.5 Å². The molecule has 2 heterocycles. The van der Waals surface area contributed by atoms with E-state index in [2.05, 4.69) is 20.5 Å². The van der Waals surface area contributed by atoms with Gasteiger partial charge < -0.3 is 10.1 Å². The van der Waals surface area contributed by atoms with Crippen LogP contribution in [0.1, 0.15) is 6.92 Å². The summed E-state index contributed by atoms with van der Waals surface area (Å²) in [5.41, 5.74) is 0.397. The molecule has 0 aliphatic rings. The zero-order valence-corrected chi connectivity index (χ0v) is 9.57. The lowest BCUT2D eigenvalue weighted by Crippen LogP contribution is -2.18. The van der Waals surface area contributed by atoms with E-state index < -0.39 is 11.9 Å². The third-order valence-electron chi connectivity index (χ3n) is 2.44. The second-order valence-corrected chi connectivity index (χ2v) is 3.87. The number of aliphatic carboxylic acids is 1. The third kappa shape index (κ3) is 2.42. The summed E-state index contributed by atoms with van der Waals surface area (Å²) in [5, 5.41) is 19.9. The lowest BCUT2D eigenvalue weighted by atomic mass is 10.2. The van der Waals surface area contributed by atoms with Crippen molar-refractivity contribution in [3.63, 3.8) is 0 Å². The SMILES string of the molecule is CC(Cn1nnnc1-c1ccc(=O)[nH]c1)C(=O)O. The van der Waals surface area contributed by atoms with Crippen LogP contribution in [0.15, 0.2) is 23.1 Å². The van der Waals surface area contributed by atoms with Crippen LogP contribution in [-0.2, 0) is 11.3 Å². The molecular formula is C10H11N5O3. The van der Waals surface area contributed by atoms with Gasteiger partial charge in [0.2, 0.25) is 5.56 Å². The molecule has 18 heavy (non-hydrogen) atoms. The van der Waals surface area contributed by atoms with Crippen molar-refractivity contribution in [3.8, 4) is 11.4 Å². The molecule has 2 aromatic heterocycles. The lowest BCUT2D eigenvalue weighted by molar-refractivity contribution is -0.141. The summed E-state index contributed by atoms with van der Waals surface area (Å²) in [4.78, 5) is 24.3. The first-order valence-electron chi connectivity index (χ1n) is 5.26. The van der Waals surface area contributed by atoms with Crippen LogP contribution >= 0.6 is 0 Å². The molecule has 0 aromatic carbocycles. The molecule has 94 valence electrons. The number of nitrogens with zero attached hydrogens (tertiary/aromatic N) is 4. The highest BCUT2D eigenvalue weighted by Gasteiger charge is 2.16. The monoisotopic (exact) mass is 249 g/mol. The molecule has 0 saturated heterocycles. The van der Waals surface area contributed by atoms with Crippen LogP contribution < -0.4 is 5.56 Å². The third-order valence-corrected chi connectivity index (χ3v) is 2.44. The van der Waals surface area contributed by atoms with E-state index in [0.717, 1.165) is 0 Å². The normalized spacial score (nSPS) is 12.3. The largest absolute Gasteiger partial charge is 0.481 e. The van der Waals surface area contributed by atoms with Crippen LogP contribution in [0.5, 0.6) is 0 Å². The van der Waals surface area contributed by atoms with Gasteiger partial charge in [0.05, 0.1) is 12.5 Å². The molecule has 2 rings (SSSR count). The maximum Gasteiger partial charge on any atom is 0.308 e. The summed E-state index contributed by atoms with van der Waals surface area (Å²) in [6.07, 6.45) is 1.48. The molecule has 1 unspecified atom stereocenters. The molecule has 0 aliphatic heterocycles. The molecule has 2 N–H and O–H groups in total. The van der Waals surface area contributed by atoms with Crippen molar-refractivity contribution in [1.82, 2.24) is 25.2 Å². The molecule has 0 amide bonds. The number of nitrogens with one attached hydrogen (secondary N) is 1. The molecule has 0 saturated carbocycles. The van der Waals surface area contributed by atoms with Crippen LogP contribution in [0.25, 0.3) is 11.4 Å². The molecule has 1 atom stereocenters. The molecule has 0 fully saturated rings. The molecule has 8 heteroatoms. The summed E-state index contributed by atoms with van der Waals surface area (Å²) < 4.78 is 1.40. The van der Waals surface area contributed by atoms with Gasteiger partial charge in [0.15, 0.2) is 5.82 Å². The maximum absolute atomic E-state index is 11.0. The quantitative estimate of drug-likeness (QED) is 0.772. The number of carboxylic acids is 1. The number of carboxylic acid groups (broad SMARTS) is 1. The average molecular weight is 249 g/mol. The second kappa shape index (κ2) is 4.78. The van der Waals surface area contributed by atoms with Crippen LogP contribution in [0.2, 0.25) is 0 Å². The van der Waals surface area contributed by atoms with Crippen molar-refractivity contribution in [2.24, 2.45) is 5.92 Å². The van der Waals surface area contributed by atoms with E-state index in [1.807, 2.05) is 0 Å². The van der Waals surface area contributed by atoms with Gasteiger partial charge in [-0.3, -0.25) is 9.59 Å². The standard InChI is InChI=1S/C10H11N5O3/c1-6(10(17)18)5-15-9(12-13-14-15)7-2-3-8(16)11-4-7/h2-4,6H,5H2,1H3,(H,11,16)(H,17,18). The van der Waals surface area contributed by atoms with E-state index in [1.165, 1.54) is 16.9 Å². The first kappa shape index (κ1) is 12.0. The number of pyridine rings is 1. The van der Waals surface area contributed by atoms with Gasteiger partial charge in [-0.15, -0.1) is 5.10 Å². The highest BCUT2D eigenvalue weighted by atomic mass is 16.4. The van der Waals surface area contributed by atoms with E-state index in [4.69, 9.17) is 5.11 Å². The van der Waals surface area contributed by atoms with E-state index in [0.29, 0.717) is 11.4 Å². The highest BCUT2D eigenvalue weighted by molar-refractivity contribution is 5.69. The number of aromatic nitrogens is 5. The van der Waals surface area contributed by atoms with E-state index in [9.17, 15) is 9.59 Å². The number of hydrogen-bond acceptors (Lipinski definition) is 5. The van der Waals surface area contributed by atoms with Crippen LogP contribution in [0.4, 0.5) is 0 Å². The van der Waals surface area contributed by atoms with Crippen LogP contribution in [0.3, 0.4) is 0 Å². The van der Waals surface area contributed by atoms with Gasteiger partial charge in [0, 0.05) is 17.8 Å². The molecule has 0 spiro atoms. The Morgan fingerprint density at radius 2 is 2.33 bits per heavy atom. The fourth-order valence-corrected chi connectivity index (χ4v) is 1.42. The predicted octanol–water partition coefficient (Wildman–Crippen LogP) is -0.251. The zero-order valence-electron chi connectivity index (χ0n) is 9.57. The molecule has 0 radical (unpaired) electrons. The Bertz CT molecular complexity index is 597. The van der Waals surface area contributed by atoms with Crippen LogP contribution in [-0.4, -0.2) is 36.3 Å². The average Bonchev–Trinajstić information content (AvgIpc) is 2.78. The lowest BCUT2D eigenvalue weighted by Gasteiger charge is -2.07. The van der Waals surface area contributed by atoms with Gasteiger partial charge in [-0.05, 0) is 16.5 Å².